The van der Waals surface area contributed by atoms with Crippen LogP contribution in [0.5, 0.6) is 0 Å². The topological polar surface area (TPSA) is 29.3 Å². The molecule has 1 rings (SSSR count). The summed E-state index contributed by atoms with van der Waals surface area (Å²) in [6.07, 6.45) is 6.77. The Morgan fingerprint density at radius 1 is 1.19 bits per heavy atom. The predicted octanol–water partition coefficient (Wildman–Crippen LogP) is 2.87. The molecule has 2 heteroatoms. The van der Waals surface area contributed by atoms with Gasteiger partial charge in [0.15, 0.2) is 0 Å². The van der Waals surface area contributed by atoms with E-state index in [-0.39, 0.29) is 0 Å². The molecule has 1 aliphatic carbocycles. The highest BCUT2D eigenvalue weighted by atomic mass is 15.1. The van der Waals surface area contributed by atoms with Crippen molar-refractivity contribution in [2.75, 3.05) is 26.2 Å². The van der Waals surface area contributed by atoms with Crippen molar-refractivity contribution in [2.45, 2.75) is 52.9 Å². The van der Waals surface area contributed by atoms with Gasteiger partial charge in [0.25, 0.3) is 0 Å². The summed E-state index contributed by atoms with van der Waals surface area (Å²) in [5, 5.41) is 0. The first-order valence-corrected chi connectivity index (χ1v) is 7.12. The average molecular weight is 226 g/mol. The van der Waals surface area contributed by atoms with E-state index in [1.54, 1.807) is 0 Å². The number of hydrogen-bond acceptors (Lipinski definition) is 2. The van der Waals surface area contributed by atoms with Gasteiger partial charge in [-0.15, -0.1) is 0 Å². The summed E-state index contributed by atoms with van der Waals surface area (Å²) >= 11 is 0. The molecule has 16 heavy (non-hydrogen) atoms. The number of nitrogens with two attached hydrogens (primary N) is 1. The number of nitrogens with zero attached hydrogens (tertiary/aromatic N) is 1. The second-order valence-corrected chi connectivity index (χ2v) is 5.54. The van der Waals surface area contributed by atoms with E-state index in [0.29, 0.717) is 5.41 Å². The van der Waals surface area contributed by atoms with Crippen molar-refractivity contribution >= 4 is 0 Å². The van der Waals surface area contributed by atoms with Crippen molar-refractivity contribution in [3.63, 3.8) is 0 Å². The average Bonchev–Trinajstić information content (AvgIpc) is 2.28. The van der Waals surface area contributed by atoms with E-state index < -0.39 is 0 Å². The molecule has 96 valence electrons. The first kappa shape index (κ1) is 14.0. The van der Waals surface area contributed by atoms with E-state index in [1.807, 2.05) is 0 Å². The zero-order valence-corrected chi connectivity index (χ0v) is 11.5. The first-order chi connectivity index (χ1) is 7.69. The highest BCUT2D eigenvalue weighted by Gasteiger charge is 2.28. The van der Waals surface area contributed by atoms with Gasteiger partial charge in [0.05, 0.1) is 0 Å². The molecule has 1 aliphatic rings. The standard InChI is InChI=1S/C14H30N2/c1-4-14(5-2,11-15)12-16(6-3)10-13-8-7-9-13/h13H,4-12,15H2,1-3H3. The molecule has 0 aliphatic heterocycles. The smallest absolute Gasteiger partial charge is 0.00499 e. The largest absolute Gasteiger partial charge is 0.330 e. The summed E-state index contributed by atoms with van der Waals surface area (Å²) in [4.78, 5) is 2.63. The Morgan fingerprint density at radius 2 is 1.81 bits per heavy atom. The molecule has 0 spiro atoms. The van der Waals surface area contributed by atoms with E-state index in [1.165, 1.54) is 51.7 Å². The number of rotatable bonds is 8. The Kier molecular flexibility index (Phi) is 5.77. The van der Waals surface area contributed by atoms with Gasteiger partial charge in [0, 0.05) is 13.1 Å². The van der Waals surface area contributed by atoms with Gasteiger partial charge < -0.3 is 10.6 Å². The fraction of sp³-hybridized carbons (Fsp3) is 1.00. The van der Waals surface area contributed by atoms with Crippen LogP contribution in [0.1, 0.15) is 52.9 Å². The third-order valence-corrected chi connectivity index (χ3v) is 4.68. The molecule has 0 amide bonds. The zero-order chi connectivity index (χ0) is 12.0. The lowest BCUT2D eigenvalue weighted by Crippen LogP contribution is -2.44. The quantitative estimate of drug-likeness (QED) is 0.689. The lowest BCUT2D eigenvalue weighted by molar-refractivity contribution is 0.112. The van der Waals surface area contributed by atoms with Gasteiger partial charge in [0.1, 0.15) is 0 Å². The molecule has 1 saturated carbocycles. The molecule has 0 unspecified atom stereocenters. The van der Waals surface area contributed by atoms with Gasteiger partial charge >= 0.3 is 0 Å². The second kappa shape index (κ2) is 6.61. The van der Waals surface area contributed by atoms with Gasteiger partial charge in [-0.25, -0.2) is 0 Å². The zero-order valence-electron chi connectivity index (χ0n) is 11.5. The van der Waals surface area contributed by atoms with Gasteiger partial charge in [-0.3, -0.25) is 0 Å². The van der Waals surface area contributed by atoms with Crippen molar-refractivity contribution in [3.8, 4) is 0 Å². The van der Waals surface area contributed by atoms with Crippen LogP contribution in [-0.4, -0.2) is 31.1 Å². The molecule has 0 bridgehead atoms. The van der Waals surface area contributed by atoms with Crippen LogP contribution in [0.4, 0.5) is 0 Å². The molecule has 0 saturated heterocycles. The van der Waals surface area contributed by atoms with E-state index in [4.69, 9.17) is 5.73 Å². The van der Waals surface area contributed by atoms with Crippen LogP contribution in [0.25, 0.3) is 0 Å². The fourth-order valence-electron chi connectivity index (χ4n) is 2.65. The predicted molar refractivity (Wildman–Crippen MR) is 71.5 cm³/mol. The Hall–Kier alpha value is -0.0800. The van der Waals surface area contributed by atoms with Crippen LogP contribution < -0.4 is 5.73 Å². The van der Waals surface area contributed by atoms with Gasteiger partial charge in [-0.05, 0) is 50.1 Å². The molecule has 0 aromatic carbocycles. The van der Waals surface area contributed by atoms with Crippen LogP contribution in [0, 0.1) is 11.3 Å². The van der Waals surface area contributed by atoms with Crippen LogP contribution >= 0.6 is 0 Å². The van der Waals surface area contributed by atoms with E-state index in [9.17, 15) is 0 Å². The van der Waals surface area contributed by atoms with Crippen molar-refractivity contribution in [1.29, 1.82) is 0 Å². The van der Waals surface area contributed by atoms with Crippen LogP contribution in [0.15, 0.2) is 0 Å². The Morgan fingerprint density at radius 3 is 2.12 bits per heavy atom. The maximum Gasteiger partial charge on any atom is 0.00499 e. The van der Waals surface area contributed by atoms with E-state index in [2.05, 4.69) is 25.7 Å². The van der Waals surface area contributed by atoms with Crippen LogP contribution in [-0.2, 0) is 0 Å². The van der Waals surface area contributed by atoms with Gasteiger partial charge in [-0.2, -0.15) is 0 Å². The monoisotopic (exact) mass is 226 g/mol. The lowest BCUT2D eigenvalue weighted by atomic mass is 9.80. The normalized spacial score (nSPS) is 17.8. The highest BCUT2D eigenvalue weighted by Crippen LogP contribution is 2.30. The molecule has 0 radical (unpaired) electrons. The maximum atomic E-state index is 5.98. The van der Waals surface area contributed by atoms with Crippen LogP contribution in [0.3, 0.4) is 0 Å². The summed E-state index contributed by atoms with van der Waals surface area (Å²) in [5.41, 5.74) is 6.34. The Bertz CT molecular complexity index is 175. The summed E-state index contributed by atoms with van der Waals surface area (Å²) in [5.74, 6) is 0.976. The van der Waals surface area contributed by atoms with Crippen molar-refractivity contribution < 1.29 is 0 Å². The SMILES string of the molecule is CCN(CC1CCC1)CC(CC)(CC)CN. The molecule has 0 aromatic rings. The summed E-state index contributed by atoms with van der Waals surface area (Å²) in [6, 6.07) is 0. The van der Waals surface area contributed by atoms with Gasteiger partial charge in [0.2, 0.25) is 0 Å². The molecule has 0 heterocycles. The lowest BCUT2D eigenvalue weighted by Gasteiger charge is -2.39. The maximum absolute atomic E-state index is 5.98. The molecular weight excluding hydrogens is 196 g/mol. The third kappa shape index (κ3) is 3.46. The molecular formula is C14H30N2. The molecule has 2 nitrogen and oxygen atoms in total. The summed E-state index contributed by atoms with van der Waals surface area (Å²) < 4.78 is 0. The van der Waals surface area contributed by atoms with E-state index in [0.717, 1.165) is 12.5 Å². The molecule has 2 N–H and O–H groups in total. The van der Waals surface area contributed by atoms with E-state index >= 15 is 0 Å². The third-order valence-electron chi connectivity index (χ3n) is 4.68. The van der Waals surface area contributed by atoms with Crippen molar-refractivity contribution in [3.05, 3.63) is 0 Å². The van der Waals surface area contributed by atoms with Gasteiger partial charge in [-0.1, -0.05) is 27.2 Å². The first-order valence-electron chi connectivity index (χ1n) is 7.12. The minimum Gasteiger partial charge on any atom is -0.330 e. The Balaban J connectivity index is 2.45. The molecule has 0 atom stereocenters. The minimum atomic E-state index is 0.361. The summed E-state index contributed by atoms with van der Waals surface area (Å²) in [7, 11) is 0. The van der Waals surface area contributed by atoms with Crippen molar-refractivity contribution in [2.24, 2.45) is 17.1 Å². The van der Waals surface area contributed by atoms with Crippen LogP contribution in [0.2, 0.25) is 0 Å². The Labute approximate surface area is 102 Å². The molecule has 0 aromatic heterocycles. The highest BCUT2D eigenvalue weighted by molar-refractivity contribution is 4.83. The molecule has 1 fully saturated rings. The number of hydrogen-bond donors (Lipinski definition) is 1. The summed E-state index contributed by atoms with van der Waals surface area (Å²) in [6.45, 7) is 11.4. The fourth-order valence-corrected chi connectivity index (χ4v) is 2.65. The minimum absolute atomic E-state index is 0.361. The second-order valence-electron chi connectivity index (χ2n) is 5.54. The van der Waals surface area contributed by atoms with Crippen molar-refractivity contribution in [1.82, 2.24) is 4.90 Å².